The number of pyridine rings is 1. The summed E-state index contributed by atoms with van der Waals surface area (Å²) in [4.78, 5) is 4.67. The fourth-order valence-electron chi connectivity index (χ4n) is 4.63. The van der Waals surface area contributed by atoms with Crippen molar-refractivity contribution in [1.29, 1.82) is 5.26 Å². The topological polar surface area (TPSA) is 117 Å². The molecule has 0 bridgehead atoms. The van der Waals surface area contributed by atoms with Crippen LogP contribution in [-0.4, -0.2) is 36.7 Å². The van der Waals surface area contributed by atoms with Crippen molar-refractivity contribution in [2.75, 3.05) is 17.2 Å². The Morgan fingerprint density at radius 3 is 2.63 bits per heavy atom. The van der Waals surface area contributed by atoms with Gasteiger partial charge in [0.1, 0.15) is 17.6 Å². The van der Waals surface area contributed by atoms with E-state index in [4.69, 9.17) is 0 Å². The second-order valence-corrected chi connectivity index (χ2v) is 11.4. The molecule has 10 heteroatoms. The molecule has 206 valence electrons. The number of nitrogens with one attached hydrogen (secondary N) is 2. The van der Waals surface area contributed by atoms with Gasteiger partial charge >= 0.3 is 0 Å². The first-order chi connectivity index (χ1) is 20.1. The summed E-state index contributed by atoms with van der Waals surface area (Å²) in [6, 6.07) is 12.4. The second kappa shape index (κ2) is 10.6. The molecule has 0 spiro atoms. The number of fused-ring (bicyclic) bond motifs is 1. The van der Waals surface area contributed by atoms with E-state index in [9.17, 15) is 11.0 Å². The van der Waals surface area contributed by atoms with Gasteiger partial charge in [-0.25, -0.2) is 9.07 Å². The molecule has 2 N–H and O–H groups in total. The fraction of sp³-hybridized carbons (Fsp3) is 0.290. The van der Waals surface area contributed by atoms with E-state index in [1.54, 1.807) is 41.6 Å². The van der Waals surface area contributed by atoms with Crippen LogP contribution in [0.1, 0.15) is 63.9 Å². The molecule has 1 aliphatic carbocycles. The molecule has 9 nitrogen and oxygen atoms in total. The molecule has 0 unspecified atom stereocenters. The lowest BCUT2D eigenvalue weighted by Gasteiger charge is -2.23. The summed E-state index contributed by atoms with van der Waals surface area (Å²) >= 11 is 0. The minimum absolute atomic E-state index is 0.0532. The van der Waals surface area contributed by atoms with E-state index in [2.05, 4.69) is 63.0 Å². The molecule has 0 radical (unpaired) electrons. The van der Waals surface area contributed by atoms with Crippen molar-refractivity contribution < 1.29 is 5.76 Å². The van der Waals surface area contributed by atoms with Crippen LogP contribution in [0.4, 0.5) is 15.8 Å². The lowest BCUT2D eigenvalue weighted by atomic mass is 9.95. The molecular formula is C31H30FN9. The third kappa shape index (κ3) is 5.70. The van der Waals surface area contributed by atoms with Crippen molar-refractivity contribution >= 4 is 22.3 Å². The SMILES string of the molecule is [2H][C@](Nc1cc(-c2ccnnc2)c2ncc(C#N)c(NCC(C)(C)C)c2c1)(c1ccc(F)cc1)c1cn(C2CC2)nn1. The monoisotopic (exact) mass is 548 g/mol. The summed E-state index contributed by atoms with van der Waals surface area (Å²) < 4.78 is 25.4. The minimum Gasteiger partial charge on any atom is -0.383 e. The average Bonchev–Trinajstić information content (AvgIpc) is 3.71. The maximum atomic E-state index is 13.9. The second-order valence-electron chi connectivity index (χ2n) is 11.4. The van der Waals surface area contributed by atoms with E-state index in [1.165, 1.54) is 12.1 Å². The van der Waals surface area contributed by atoms with Crippen LogP contribution in [0.2, 0.25) is 0 Å². The largest absolute Gasteiger partial charge is 0.383 e. The van der Waals surface area contributed by atoms with Gasteiger partial charge in [-0.15, -0.1) is 5.10 Å². The van der Waals surface area contributed by atoms with Crippen molar-refractivity contribution in [3.8, 4) is 17.2 Å². The van der Waals surface area contributed by atoms with E-state index in [0.717, 1.165) is 24.0 Å². The molecule has 6 rings (SSSR count). The third-order valence-electron chi connectivity index (χ3n) is 6.87. The summed E-state index contributed by atoms with van der Waals surface area (Å²) in [7, 11) is 0. The Morgan fingerprint density at radius 1 is 1.15 bits per heavy atom. The maximum Gasteiger partial charge on any atom is 0.123 e. The van der Waals surface area contributed by atoms with Gasteiger partial charge in [-0.2, -0.15) is 15.5 Å². The van der Waals surface area contributed by atoms with Gasteiger partial charge < -0.3 is 10.6 Å². The van der Waals surface area contributed by atoms with E-state index < -0.39 is 11.8 Å². The van der Waals surface area contributed by atoms with Crippen LogP contribution >= 0.6 is 0 Å². The van der Waals surface area contributed by atoms with Gasteiger partial charge in [-0.1, -0.05) is 38.1 Å². The summed E-state index contributed by atoms with van der Waals surface area (Å²) in [6.07, 6.45) is 8.64. The highest BCUT2D eigenvalue weighted by Gasteiger charge is 2.27. The molecule has 1 saturated carbocycles. The first-order valence-corrected chi connectivity index (χ1v) is 13.5. The van der Waals surface area contributed by atoms with Crippen molar-refractivity contribution in [2.45, 2.75) is 45.7 Å². The quantitative estimate of drug-likeness (QED) is 0.232. The summed E-state index contributed by atoms with van der Waals surface area (Å²) in [5.41, 5.74) is 4.64. The Hall–Kier alpha value is -4.91. The molecule has 5 aromatic rings. The number of rotatable bonds is 8. The standard InChI is InChI=1S/C31H30FN9/c1-31(2,3)18-35-28-21(14-33)15-34-30-25(20-10-11-36-37-16-20)12-23(13-26(28)30)38-29(19-4-6-22(32)7-5-19)27-17-41(40-39-27)24-8-9-24/h4-7,10-13,15-17,24,29,38H,8-9,18H2,1-3H3,(H,34,35)/t29-/m0/s1/i29D. The van der Waals surface area contributed by atoms with Gasteiger partial charge in [-0.05, 0) is 54.2 Å². The van der Waals surface area contributed by atoms with Gasteiger partial charge in [0, 0.05) is 34.9 Å². The molecule has 0 amide bonds. The molecule has 3 aromatic heterocycles. The van der Waals surface area contributed by atoms with Crippen LogP contribution in [0.3, 0.4) is 0 Å². The molecule has 3 heterocycles. The van der Waals surface area contributed by atoms with E-state index in [0.29, 0.717) is 45.6 Å². The van der Waals surface area contributed by atoms with Crippen molar-refractivity contribution in [3.05, 3.63) is 89.9 Å². The van der Waals surface area contributed by atoms with Gasteiger partial charge in [0.2, 0.25) is 0 Å². The summed E-state index contributed by atoms with van der Waals surface area (Å²) in [5.74, 6) is -0.398. The number of halogens is 1. The molecule has 1 aliphatic rings. The Morgan fingerprint density at radius 2 is 1.95 bits per heavy atom. The van der Waals surface area contributed by atoms with E-state index >= 15 is 0 Å². The normalized spacial score (nSPS) is 15.1. The van der Waals surface area contributed by atoms with Crippen molar-refractivity contribution in [2.24, 2.45) is 5.41 Å². The Labute approximate surface area is 238 Å². The Balaban J connectivity index is 1.55. The Bertz CT molecular complexity index is 1790. The van der Waals surface area contributed by atoms with Crippen molar-refractivity contribution in [1.82, 2.24) is 30.2 Å². The van der Waals surface area contributed by atoms with Crippen LogP contribution in [0, 0.1) is 22.6 Å². The highest BCUT2D eigenvalue weighted by atomic mass is 19.1. The molecule has 0 saturated heterocycles. The molecule has 41 heavy (non-hydrogen) atoms. The molecule has 1 atom stereocenters. The van der Waals surface area contributed by atoms with Crippen LogP contribution in [0.5, 0.6) is 0 Å². The zero-order valence-electron chi connectivity index (χ0n) is 24.1. The third-order valence-corrected chi connectivity index (χ3v) is 6.87. The lowest BCUT2D eigenvalue weighted by molar-refractivity contribution is 0.443. The van der Waals surface area contributed by atoms with Crippen LogP contribution in [0.25, 0.3) is 22.0 Å². The number of benzene rings is 2. The predicted molar refractivity (Wildman–Crippen MR) is 156 cm³/mol. The highest BCUT2D eigenvalue weighted by molar-refractivity contribution is 6.04. The first-order valence-electron chi connectivity index (χ1n) is 14.0. The van der Waals surface area contributed by atoms with Crippen molar-refractivity contribution in [3.63, 3.8) is 0 Å². The molecule has 1 fully saturated rings. The Kier molecular flexibility index (Phi) is 6.47. The molecular weight excluding hydrogens is 517 g/mol. The highest BCUT2D eigenvalue weighted by Crippen LogP contribution is 2.39. The average molecular weight is 549 g/mol. The van der Waals surface area contributed by atoms with Gasteiger partial charge in [0.15, 0.2) is 0 Å². The van der Waals surface area contributed by atoms with Crippen LogP contribution in [-0.2, 0) is 0 Å². The predicted octanol–water partition coefficient (Wildman–Crippen LogP) is 6.29. The maximum absolute atomic E-state index is 13.9. The summed E-state index contributed by atoms with van der Waals surface area (Å²) in [5, 5.41) is 34.2. The fourth-order valence-corrected chi connectivity index (χ4v) is 4.63. The van der Waals surface area contributed by atoms with Crippen LogP contribution < -0.4 is 10.6 Å². The van der Waals surface area contributed by atoms with Crippen LogP contribution in [0.15, 0.2) is 67.3 Å². The lowest BCUT2D eigenvalue weighted by Crippen LogP contribution is -2.20. The minimum atomic E-state index is -1.61. The zero-order valence-corrected chi connectivity index (χ0v) is 23.1. The van der Waals surface area contributed by atoms with E-state index in [-0.39, 0.29) is 11.5 Å². The van der Waals surface area contributed by atoms with Gasteiger partial charge in [-0.3, -0.25) is 4.98 Å². The summed E-state index contributed by atoms with van der Waals surface area (Å²) in [6.45, 7) is 6.96. The number of hydrogen-bond donors (Lipinski definition) is 2. The smallest absolute Gasteiger partial charge is 0.123 e. The number of nitrogens with zero attached hydrogens (tertiary/aromatic N) is 7. The molecule has 2 aromatic carbocycles. The number of aromatic nitrogens is 6. The number of nitriles is 1. The molecule has 0 aliphatic heterocycles. The van der Waals surface area contributed by atoms with Gasteiger partial charge in [0.05, 0.1) is 48.8 Å². The number of hydrogen-bond acceptors (Lipinski definition) is 8. The van der Waals surface area contributed by atoms with E-state index in [1.807, 2.05) is 18.2 Å². The zero-order chi connectivity index (χ0) is 29.5. The van der Waals surface area contributed by atoms with Gasteiger partial charge in [0.25, 0.3) is 0 Å². The first kappa shape index (κ1) is 25.1. The number of anilines is 2.